The molecular formula is C25H16BrNO7. The van der Waals surface area contributed by atoms with Crippen LogP contribution in [-0.4, -0.2) is 17.1 Å². The zero-order valence-corrected chi connectivity index (χ0v) is 19.2. The minimum absolute atomic E-state index is 0.100. The van der Waals surface area contributed by atoms with Gasteiger partial charge in [0.15, 0.2) is 11.5 Å². The standard InChI is InChI=1S/C25H16BrNO7/c1-32-18-12-14(26)11-16-19(20-22(28)15-9-5-6-10-17(15)33-25(20)29)21(27(30)31)23(34-24(16)18)13-7-3-2-4-8-13/h2-12,23,28H,1H3. The van der Waals surface area contributed by atoms with Gasteiger partial charge in [0, 0.05) is 15.6 Å². The number of hydrogen-bond acceptors (Lipinski definition) is 7. The average Bonchev–Trinajstić information content (AvgIpc) is 2.83. The quantitative estimate of drug-likeness (QED) is 0.216. The Balaban J connectivity index is 1.95. The lowest BCUT2D eigenvalue weighted by molar-refractivity contribution is -0.435. The molecule has 170 valence electrons. The van der Waals surface area contributed by atoms with Gasteiger partial charge >= 0.3 is 5.63 Å². The third-order valence-electron chi connectivity index (χ3n) is 5.58. The third kappa shape index (κ3) is 3.41. The van der Waals surface area contributed by atoms with E-state index in [2.05, 4.69) is 15.9 Å². The minimum atomic E-state index is -1.18. The first-order valence-corrected chi connectivity index (χ1v) is 10.9. The summed E-state index contributed by atoms with van der Waals surface area (Å²) in [5.41, 5.74) is -0.876. The van der Waals surface area contributed by atoms with Crippen LogP contribution in [0.15, 0.2) is 86.1 Å². The highest BCUT2D eigenvalue weighted by Gasteiger charge is 2.42. The SMILES string of the molecule is COc1cc(Br)cc2c1OC(c1ccccc1)C([N+](=O)[O-])=C2c1c(O)c2ccccc2oc1=O. The van der Waals surface area contributed by atoms with E-state index in [4.69, 9.17) is 13.9 Å². The second-order valence-electron chi connectivity index (χ2n) is 7.52. The monoisotopic (exact) mass is 521 g/mol. The van der Waals surface area contributed by atoms with Gasteiger partial charge < -0.3 is 19.0 Å². The zero-order chi connectivity index (χ0) is 24.0. The molecule has 1 atom stereocenters. The predicted molar refractivity (Wildman–Crippen MR) is 128 cm³/mol. The summed E-state index contributed by atoms with van der Waals surface area (Å²) in [4.78, 5) is 25.0. The summed E-state index contributed by atoms with van der Waals surface area (Å²) in [5.74, 6) is 0.0850. The fourth-order valence-electron chi connectivity index (χ4n) is 4.13. The van der Waals surface area contributed by atoms with E-state index < -0.39 is 28.1 Å². The molecule has 0 fully saturated rings. The molecule has 0 saturated carbocycles. The van der Waals surface area contributed by atoms with Gasteiger partial charge in [0.05, 0.1) is 23.0 Å². The molecular weight excluding hydrogens is 506 g/mol. The van der Waals surface area contributed by atoms with Crippen molar-refractivity contribution < 1.29 is 23.9 Å². The predicted octanol–water partition coefficient (Wildman–Crippen LogP) is 5.44. The molecule has 34 heavy (non-hydrogen) atoms. The number of aromatic hydroxyl groups is 1. The number of methoxy groups -OCH3 is 1. The van der Waals surface area contributed by atoms with Crippen molar-refractivity contribution in [3.63, 3.8) is 0 Å². The van der Waals surface area contributed by atoms with Gasteiger partial charge in [-0.2, -0.15) is 0 Å². The number of para-hydroxylation sites is 1. The number of hydrogen-bond donors (Lipinski definition) is 1. The largest absolute Gasteiger partial charge is 0.506 e. The number of nitro groups is 1. The van der Waals surface area contributed by atoms with Crippen molar-refractivity contribution in [1.29, 1.82) is 0 Å². The van der Waals surface area contributed by atoms with E-state index in [1.54, 1.807) is 60.7 Å². The van der Waals surface area contributed by atoms with Gasteiger partial charge in [-0.05, 0) is 24.3 Å². The number of rotatable bonds is 4. The van der Waals surface area contributed by atoms with Crippen LogP contribution in [0.5, 0.6) is 17.2 Å². The average molecular weight is 522 g/mol. The van der Waals surface area contributed by atoms with Crippen LogP contribution in [0.3, 0.4) is 0 Å². The summed E-state index contributed by atoms with van der Waals surface area (Å²) in [6.45, 7) is 0. The topological polar surface area (TPSA) is 112 Å². The maximum Gasteiger partial charge on any atom is 0.348 e. The normalized spacial score (nSPS) is 15.1. The fraction of sp³-hybridized carbons (Fsp3) is 0.0800. The minimum Gasteiger partial charge on any atom is -0.506 e. The van der Waals surface area contributed by atoms with Crippen LogP contribution >= 0.6 is 15.9 Å². The summed E-state index contributed by atoms with van der Waals surface area (Å²) < 4.78 is 17.6. The van der Waals surface area contributed by atoms with Crippen molar-refractivity contribution >= 4 is 32.5 Å². The van der Waals surface area contributed by atoms with Crippen LogP contribution in [0.1, 0.15) is 22.8 Å². The van der Waals surface area contributed by atoms with Gasteiger partial charge in [0.25, 0.3) is 5.70 Å². The smallest absolute Gasteiger partial charge is 0.348 e. The first kappa shape index (κ1) is 21.7. The highest BCUT2D eigenvalue weighted by Crippen LogP contribution is 2.51. The van der Waals surface area contributed by atoms with Gasteiger partial charge in [0.2, 0.25) is 6.10 Å². The second-order valence-corrected chi connectivity index (χ2v) is 8.44. The zero-order valence-electron chi connectivity index (χ0n) is 17.7. The Morgan fingerprint density at radius 1 is 1.09 bits per heavy atom. The number of nitrogens with zero attached hydrogens (tertiary/aromatic N) is 1. The lowest BCUT2D eigenvalue weighted by Gasteiger charge is -2.28. The van der Waals surface area contributed by atoms with Crippen LogP contribution in [0.4, 0.5) is 0 Å². The molecule has 3 aromatic carbocycles. The molecule has 4 aromatic rings. The lowest BCUT2D eigenvalue weighted by Crippen LogP contribution is -2.25. The van der Waals surface area contributed by atoms with Crippen LogP contribution in [0, 0.1) is 10.1 Å². The maximum atomic E-state index is 13.1. The highest BCUT2D eigenvalue weighted by molar-refractivity contribution is 9.10. The van der Waals surface area contributed by atoms with Crippen molar-refractivity contribution in [2.75, 3.05) is 7.11 Å². The Kier molecular flexibility index (Phi) is 5.33. The van der Waals surface area contributed by atoms with Crippen molar-refractivity contribution in [1.82, 2.24) is 0 Å². The van der Waals surface area contributed by atoms with E-state index in [1.807, 2.05) is 0 Å². The van der Waals surface area contributed by atoms with Crippen molar-refractivity contribution in [3.8, 4) is 17.2 Å². The van der Waals surface area contributed by atoms with Crippen LogP contribution in [0.25, 0.3) is 16.5 Å². The van der Waals surface area contributed by atoms with Crippen molar-refractivity contribution in [2.45, 2.75) is 6.10 Å². The second kappa shape index (κ2) is 8.35. The summed E-state index contributed by atoms with van der Waals surface area (Å²) in [6.07, 6.45) is -1.18. The Hall–Kier alpha value is -4.11. The molecule has 1 unspecified atom stereocenters. The summed E-state index contributed by atoms with van der Waals surface area (Å²) >= 11 is 3.38. The number of benzene rings is 3. The molecule has 0 amide bonds. The van der Waals surface area contributed by atoms with Gasteiger partial charge in [-0.3, -0.25) is 10.1 Å². The first-order valence-electron chi connectivity index (χ1n) is 10.1. The summed E-state index contributed by atoms with van der Waals surface area (Å²) in [7, 11) is 1.44. The van der Waals surface area contributed by atoms with Crippen LogP contribution in [-0.2, 0) is 0 Å². The molecule has 0 bridgehead atoms. The molecule has 2 heterocycles. The van der Waals surface area contributed by atoms with E-state index >= 15 is 0 Å². The Morgan fingerprint density at radius 2 is 1.79 bits per heavy atom. The molecule has 1 aliphatic heterocycles. The molecule has 5 rings (SSSR count). The van der Waals surface area contributed by atoms with Crippen LogP contribution in [0.2, 0.25) is 0 Å². The van der Waals surface area contributed by atoms with Gasteiger partial charge in [-0.25, -0.2) is 4.79 Å². The Labute approximate surface area is 200 Å². The molecule has 9 heteroatoms. The van der Waals surface area contributed by atoms with E-state index in [0.29, 0.717) is 15.8 Å². The number of fused-ring (bicyclic) bond motifs is 2. The van der Waals surface area contributed by atoms with Crippen molar-refractivity contribution in [2.24, 2.45) is 0 Å². The molecule has 1 N–H and O–H groups in total. The first-order chi connectivity index (χ1) is 16.4. The van der Waals surface area contributed by atoms with Crippen LogP contribution < -0.4 is 15.1 Å². The molecule has 0 spiro atoms. The van der Waals surface area contributed by atoms with Crippen molar-refractivity contribution in [3.05, 3.63) is 114 Å². The van der Waals surface area contributed by atoms with Gasteiger partial charge in [-0.15, -0.1) is 0 Å². The van der Waals surface area contributed by atoms with Gasteiger partial charge in [-0.1, -0.05) is 58.4 Å². The third-order valence-corrected chi connectivity index (χ3v) is 6.04. The Morgan fingerprint density at radius 3 is 2.50 bits per heavy atom. The lowest BCUT2D eigenvalue weighted by atomic mass is 9.89. The van der Waals surface area contributed by atoms with Gasteiger partial charge in [0.1, 0.15) is 16.9 Å². The Bertz CT molecular complexity index is 1540. The maximum absolute atomic E-state index is 13.1. The fourth-order valence-corrected chi connectivity index (χ4v) is 4.56. The number of halogens is 1. The molecule has 1 aliphatic rings. The summed E-state index contributed by atoms with van der Waals surface area (Å²) in [6, 6.07) is 18.3. The molecule has 8 nitrogen and oxygen atoms in total. The number of ether oxygens (including phenoxy) is 2. The molecule has 0 aliphatic carbocycles. The molecule has 0 radical (unpaired) electrons. The highest BCUT2D eigenvalue weighted by atomic mass is 79.9. The van der Waals surface area contributed by atoms with E-state index in [1.165, 1.54) is 13.2 Å². The van der Waals surface area contributed by atoms with E-state index in [0.717, 1.165) is 0 Å². The van der Waals surface area contributed by atoms with E-state index in [-0.39, 0.29) is 33.4 Å². The molecule has 0 saturated heterocycles. The molecule has 1 aromatic heterocycles. The van der Waals surface area contributed by atoms with E-state index in [9.17, 15) is 20.0 Å². The summed E-state index contributed by atoms with van der Waals surface area (Å²) in [5, 5.41) is 23.9.